The largest absolute Gasteiger partial charge is 0.460 e. The highest BCUT2D eigenvalue weighted by atomic mass is 16.5. The van der Waals surface area contributed by atoms with Crippen molar-refractivity contribution in [3.05, 3.63) is 11.4 Å². The lowest BCUT2D eigenvalue weighted by molar-refractivity contribution is 0.0459. The van der Waals surface area contributed by atoms with E-state index < -0.39 is 0 Å². The van der Waals surface area contributed by atoms with Gasteiger partial charge in [-0.15, -0.1) is 0 Å². The van der Waals surface area contributed by atoms with Gasteiger partial charge >= 0.3 is 5.97 Å². The number of nitrogens with zero attached hydrogens (tertiary/aromatic N) is 3. The third kappa shape index (κ3) is 3.07. The maximum atomic E-state index is 12.1. The minimum Gasteiger partial charge on any atom is -0.460 e. The van der Waals surface area contributed by atoms with Crippen LogP contribution in [0.3, 0.4) is 0 Å². The van der Waals surface area contributed by atoms with E-state index in [0.29, 0.717) is 30.2 Å². The average molecular weight is 266 g/mol. The van der Waals surface area contributed by atoms with Crippen LogP contribution < -0.4 is 5.73 Å². The Balaban J connectivity index is 1.92. The van der Waals surface area contributed by atoms with Crippen molar-refractivity contribution >= 4 is 11.7 Å². The summed E-state index contributed by atoms with van der Waals surface area (Å²) in [5.74, 6) is -0.376. The fourth-order valence-corrected chi connectivity index (χ4v) is 2.38. The number of ether oxygens (including phenoxy) is 1. The Morgan fingerprint density at radius 2 is 2.11 bits per heavy atom. The fourth-order valence-electron chi connectivity index (χ4n) is 2.38. The number of aromatic nitrogens is 2. The van der Waals surface area contributed by atoms with Gasteiger partial charge in [0.2, 0.25) is 0 Å². The Kier molecular flexibility index (Phi) is 4.42. The highest BCUT2D eigenvalue weighted by Crippen LogP contribution is 2.17. The van der Waals surface area contributed by atoms with E-state index in [0.717, 1.165) is 19.6 Å². The van der Waals surface area contributed by atoms with Crippen molar-refractivity contribution < 1.29 is 9.53 Å². The van der Waals surface area contributed by atoms with Crippen molar-refractivity contribution in [1.82, 2.24) is 14.7 Å². The molecule has 1 aromatic heterocycles. The molecule has 0 aliphatic carbocycles. The quantitative estimate of drug-likeness (QED) is 0.806. The molecule has 2 rings (SSSR count). The summed E-state index contributed by atoms with van der Waals surface area (Å²) in [7, 11) is 0. The summed E-state index contributed by atoms with van der Waals surface area (Å²) < 4.78 is 6.91. The summed E-state index contributed by atoms with van der Waals surface area (Å²) in [5.41, 5.74) is 7.35. The molecule has 0 radical (unpaired) electrons. The molecule has 1 aromatic rings. The molecule has 1 saturated heterocycles. The SMILES string of the molecule is CCn1nc(C)c(N)c1C(=O)OCCN1CCCC1. The second-order valence-electron chi connectivity index (χ2n) is 4.85. The molecule has 19 heavy (non-hydrogen) atoms. The van der Waals surface area contributed by atoms with Gasteiger partial charge in [-0.25, -0.2) is 4.79 Å². The lowest BCUT2D eigenvalue weighted by Crippen LogP contribution is -2.26. The molecule has 6 heteroatoms. The minimum absolute atomic E-state index is 0.376. The van der Waals surface area contributed by atoms with E-state index in [9.17, 15) is 4.79 Å². The number of nitrogen functional groups attached to an aromatic ring is 1. The molecule has 2 N–H and O–H groups in total. The van der Waals surface area contributed by atoms with Crippen molar-refractivity contribution in [2.45, 2.75) is 33.2 Å². The molecule has 0 saturated carbocycles. The summed E-state index contributed by atoms with van der Waals surface area (Å²) in [6, 6.07) is 0. The average Bonchev–Trinajstić information content (AvgIpc) is 2.99. The number of likely N-dealkylation sites (tertiary alicyclic amines) is 1. The van der Waals surface area contributed by atoms with Gasteiger partial charge in [0, 0.05) is 13.1 Å². The van der Waals surface area contributed by atoms with Crippen molar-refractivity contribution in [2.75, 3.05) is 32.0 Å². The number of hydrogen-bond acceptors (Lipinski definition) is 5. The van der Waals surface area contributed by atoms with E-state index in [1.807, 2.05) is 6.92 Å². The number of carbonyl (C=O) groups excluding carboxylic acids is 1. The second kappa shape index (κ2) is 6.06. The van der Waals surface area contributed by atoms with Gasteiger partial charge < -0.3 is 10.5 Å². The van der Waals surface area contributed by atoms with E-state index in [4.69, 9.17) is 10.5 Å². The second-order valence-corrected chi connectivity index (χ2v) is 4.85. The van der Waals surface area contributed by atoms with Crippen LogP contribution in [0.25, 0.3) is 0 Å². The Morgan fingerprint density at radius 1 is 1.42 bits per heavy atom. The first-order valence-corrected chi connectivity index (χ1v) is 6.85. The van der Waals surface area contributed by atoms with E-state index in [-0.39, 0.29) is 5.97 Å². The third-order valence-corrected chi connectivity index (χ3v) is 3.51. The van der Waals surface area contributed by atoms with E-state index in [2.05, 4.69) is 10.00 Å². The number of hydrogen-bond donors (Lipinski definition) is 1. The molecular weight excluding hydrogens is 244 g/mol. The maximum Gasteiger partial charge on any atom is 0.358 e. The van der Waals surface area contributed by atoms with Crippen molar-refractivity contribution in [3.63, 3.8) is 0 Å². The predicted molar refractivity (Wildman–Crippen MR) is 73.0 cm³/mol. The predicted octanol–water partition coefficient (Wildman–Crippen LogP) is 1.05. The summed E-state index contributed by atoms with van der Waals surface area (Å²) in [5, 5.41) is 4.22. The van der Waals surface area contributed by atoms with Crippen molar-refractivity contribution in [1.29, 1.82) is 0 Å². The zero-order valence-electron chi connectivity index (χ0n) is 11.7. The van der Waals surface area contributed by atoms with Crippen molar-refractivity contribution in [3.8, 4) is 0 Å². The highest BCUT2D eigenvalue weighted by molar-refractivity contribution is 5.93. The Bertz CT molecular complexity index is 450. The number of esters is 1. The lowest BCUT2D eigenvalue weighted by atomic mass is 10.3. The molecule has 2 heterocycles. The van der Waals surface area contributed by atoms with Crippen LogP contribution in [0.2, 0.25) is 0 Å². The molecule has 0 unspecified atom stereocenters. The minimum atomic E-state index is -0.376. The molecule has 1 fully saturated rings. The Hall–Kier alpha value is -1.56. The first kappa shape index (κ1) is 13.9. The molecule has 0 aromatic carbocycles. The van der Waals surface area contributed by atoms with Gasteiger partial charge in [-0.2, -0.15) is 5.10 Å². The van der Waals surface area contributed by atoms with Gasteiger partial charge in [0.25, 0.3) is 0 Å². The van der Waals surface area contributed by atoms with Crippen LogP contribution in [0.1, 0.15) is 35.9 Å². The Morgan fingerprint density at radius 3 is 2.74 bits per heavy atom. The van der Waals surface area contributed by atoms with Crippen LogP contribution in [-0.2, 0) is 11.3 Å². The standard InChI is InChI=1S/C13H22N4O2/c1-3-17-12(11(14)10(2)15-17)13(18)19-9-8-16-6-4-5-7-16/h3-9,14H2,1-2H3. The first-order chi connectivity index (χ1) is 9.13. The van der Waals surface area contributed by atoms with E-state index >= 15 is 0 Å². The third-order valence-electron chi connectivity index (χ3n) is 3.51. The van der Waals surface area contributed by atoms with Crippen LogP contribution >= 0.6 is 0 Å². The summed E-state index contributed by atoms with van der Waals surface area (Å²) in [4.78, 5) is 14.4. The molecule has 0 amide bonds. The summed E-state index contributed by atoms with van der Waals surface area (Å²) >= 11 is 0. The summed E-state index contributed by atoms with van der Waals surface area (Å²) in [6.45, 7) is 7.73. The molecule has 0 bridgehead atoms. The van der Waals surface area contributed by atoms with Crippen LogP contribution in [0.4, 0.5) is 5.69 Å². The fraction of sp³-hybridized carbons (Fsp3) is 0.692. The monoisotopic (exact) mass is 266 g/mol. The zero-order valence-corrected chi connectivity index (χ0v) is 11.7. The summed E-state index contributed by atoms with van der Waals surface area (Å²) in [6.07, 6.45) is 2.48. The van der Waals surface area contributed by atoms with E-state index in [1.54, 1.807) is 11.6 Å². The van der Waals surface area contributed by atoms with Gasteiger partial charge in [-0.3, -0.25) is 9.58 Å². The zero-order chi connectivity index (χ0) is 13.8. The number of rotatable bonds is 5. The van der Waals surface area contributed by atoms with Gasteiger partial charge in [-0.05, 0) is 39.8 Å². The van der Waals surface area contributed by atoms with E-state index in [1.165, 1.54) is 12.8 Å². The molecule has 1 aliphatic heterocycles. The first-order valence-electron chi connectivity index (χ1n) is 6.85. The van der Waals surface area contributed by atoms with Crippen molar-refractivity contribution in [2.24, 2.45) is 0 Å². The number of anilines is 1. The van der Waals surface area contributed by atoms with Gasteiger partial charge in [-0.1, -0.05) is 0 Å². The van der Waals surface area contributed by atoms with Gasteiger partial charge in [0.05, 0.1) is 11.4 Å². The smallest absolute Gasteiger partial charge is 0.358 e. The molecule has 1 aliphatic rings. The van der Waals surface area contributed by atoms with Crippen LogP contribution in [-0.4, -0.2) is 46.9 Å². The molecule has 0 spiro atoms. The lowest BCUT2D eigenvalue weighted by Gasteiger charge is -2.14. The number of nitrogens with two attached hydrogens (primary N) is 1. The Labute approximate surface area is 113 Å². The molecule has 6 nitrogen and oxygen atoms in total. The molecule has 106 valence electrons. The maximum absolute atomic E-state index is 12.1. The van der Waals surface area contributed by atoms with Crippen LogP contribution in [0.5, 0.6) is 0 Å². The van der Waals surface area contributed by atoms with Gasteiger partial charge in [0.1, 0.15) is 6.61 Å². The van der Waals surface area contributed by atoms with Crippen LogP contribution in [0.15, 0.2) is 0 Å². The van der Waals surface area contributed by atoms with Crippen LogP contribution in [0, 0.1) is 6.92 Å². The van der Waals surface area contributed by atoms with Gasteiger partial charge in [0.15, 0.2) is 5.69 Å². The number of aryl methyl sites for hydroxylation is 2. The molecule has 0 atom stereocenters. The topological polar surface area (TPSA) is 73.4 Å². The highest BCUT2D eigenvalue weighted by Gasteiger charge is 2.21. The normalized spacial score (nSPS) is 15.9. The number of carbonyl (C=O) groups is 1. The molecular formula is C13H22N4O2.